The molecule has 2 rings (SSSR count). The molecule has 3 N–H and O–H groups in total. The van der Waals surface area contributed by atoms with Gasteiger partial charge in [-0.3, -0.25) is 5.84 Å². The second-order valence-corrected chi connectivity index (χ2v) is 5.43. The second-order valence-electron chi connectivity index (χ2n) is 4.18. The summed E-state index contributed by atoms with van der Waals surface area (Å²) in [6, 6.07) is 12.6. The maximum Gasteiger partial charge on any atom is 0.128 e. The molecule has 0 saturated carbocycles. The fourth-order valence-electron chi connectivity index (χ4n) is 1.94. The molecule has 2 nitrogen and oxygen atoms in total. The number of aryl methyl sites for hydroxylation is 1. The molecule has 4 heteroatoms. The fraction of sp³-hybridized carbons (Fsp3) is 0.143. The second kappa shape index (κ2) is 5.77. The van der Waals surface area contributed by atoms with E-state index >= 15 is 0 Å². The molecule has 0 saturated heterocycles. The molecule has 0 radical (unpaired) electrons. The number of rotatable bonds is 3. The Morgan fingerprint density at radius 1 is 1.22 bits per heavy atom. The van der Waals surface area contributed by atoms with Gasteiger partial charge in [0.25, 0.3) is 0 Å². The van der Waals surface area contributed by atoms with Crippen LogP contribution < -0.4 is 11.3 Å². The zero-order valence-electron chi connectivity index (χ0n) is 9.95. The zero-order chi connectivity index (χ0) is 13.1. The van der Waals surface area contributed by atoms with Crippen molar-refractivity contribution in [2.24, 2.45) is 5.84 Å². The number of hydrogen-bond acceptors (Lipinski definition) is 2. The van der Waals surface area contributed by atoms with Crippen LogP contribution in [0.2, 0.25) is 0 Å². The van der Waals surface area contributed by atoms with Crippen molar-refractivity contribution < 1.29 is 4.39 Å². The van der Waals surface area contributed by atoms with Gasteiger partial charge in [0.2, 0.25) is 0 Å². The van der Waals surface area contributed by atoms with E-state index in [1.807, 2.05) is 37.3 Å². The highest BCUT2D eigenvalue weighted by molar-refractivity contribution is 14.1. The summed E-state index contributed by atoms with van der Waals surface area (Å²) in [6.07, 6.45) is 0. The molecule has 0 amide bonds. The molecule has 0 aromatic heterocycles. The van der Waals surface area contributed by atoms with Crippen molar-refractivity contribution in [2.45, 2.75) is 13.0 Å². The topological polar surface area (TPSA) is 38.0 Å². The number of nitrogens with two attached hydrogens (primary N) is 1. The molecule has 0 aliphatic heterocycles. The molecular weight excluding hydrogens is 342 g/mol. The van der Waals surface area contributed by atoms with E-state index < -0.39 is 0 Å². The molecule has 18 heavy (non-hydrogen) atoms. The van der Waals surface area contributed by atoms with E-state index in [1.54, 1.807) is 6.07 Å². The first-order valence-corrected chi connectivity index (χ1v) is 6.67. The Balaban J connectivity index is 2.48. The fourth-order valence-corrected chi connectivity index (χ4v) is 2.50. The number of nitrogens with one attached hydrogen (secondary N) is 1. The first-order valence-electron chi connectivity index (χ1n) is 5.59. The van der Waals surface area contributed by atoms with E-state index in [4.69, 9.17) is 5.84 Å². The SMILES string of the molecule is Cc1ccc(F)c(C(NN)c2cccc(I)c2)c1. The van der Waals surface area contributed by atoms with Crippen LogP contribution in [0.5, 0.6) is 0 Å². The Morgan fingerprint density at radius 2 is 2.00 bits per heavy atom. The van der Waals surface area contributed by atoms with Crippen LogP contribution in [0.25, 0.3) is 0 Å². The molecule has 1 unspecified atom stereocenters. The van der Waals surface area contributed by atoms with Gasteiger partial charge in [-0.15, -0.1) is 0 Å². The molecule has 0 bridgehead atoms. The molecule has 0 spiro atoms. The lowest BCUT2D eigenvalue weighted by molar-refractivity contribution is 0.559. The van der Waals surface area contributed by atoms with Crippen LogP contribution in [-0.2, 0) is 0 Å². The summed E-state index contributed by atoms with van der Waals surface area (Å²) in [6.45, 7) is 1.94. The summed E-state index contributed by atoms with van der Waals surface area (Å²) in [5, 5.41) is 0. The van der Waals surface area contributed by atoms with Gasteiger partial charge < -0.3 is 0 Å². The average Bonchev–Trinajstić information content (AvgIpc) is 2.35. The number of hydrazine groups is 1. The van der Waals surface area contributed by atoms with Crippen LogP contribution >= 0.6 is 22.6 Å². The summed E-state index contributed by atoms with van der Waals surface area (Å²) in [7, 11) is 0. The molecule has 2 aromatic carbocycles. The lowest BCUT2D eigenvalue weighted by Crippen LogP contribution is -2.29. The molecule has 0 aliphatic rings. The molecule has 0 fully saturated rings. The minimum absolute atomic E-state index is 0.248. The summed E-state index contributed by atoms with van der Waals surface area (Å²) < 4.78 is 15.0. The van der Waals surface area contributed by atoms with Gasteiger partial charge in [0.15, 0.2) is 0 Å². The lowest BCUT2D eigenvalue weighted by atomic mass is 9.97. The number of halogens is 2. The molecular formula is C14H14FIN2. The predicted octanol–water partition coefficient (Wildman–Crippen LogP) is 3.29. The first-order chi connectivity index (χ1) is 8.61. The Kier molecular flexibility index (Phi) is 4.31. The van der Waals surface area contributed by atoms with Crippen molar-refractivity contribution in [3.8, 4) is 0 Å². The van der Waals surface area contributed by atoms with Crippen LogP contribution in [-0.4, -0.2) is 0 Å². The highest BCUT2D eigenvalue weighted by atomic mass is 127. The van der Waals surface area contributed by atoms with Gasteiger partial charge in [0.05, 0.1) is 6.04 Å². The van der Waals surface area contributed by atoms with E-state index in [0.717, 1.165) is 14.7 Å². The van der Waals surface area contributed by atoms with E-state index in [9.17, 15) is 4.39 Å². The van der Waals surface area contributed by atoms with Gasteiger partial charge in [0.1, 0.15) is 5.82 Å². The largest absolute Gasteiger partial charge is 0.271 e. The Hall–Kier alpha value is -0.980. The minimum Gasteiger partial charge on any atom is -0.271 e. The molecule has 1 atom stereocenters. The standard InChI is InChI=1S/C14H14FIN2/c1-9-5-6-13(15)12(7-9)14(18-17)10-3-2-4-11(16)8-10/h2-8,14,18H,17H2,1H3. The first kappa shape index (κ1) is 13.5. The highest BCUT2D eigenvalue weighted by Gasteiger charge is 2.16. The third-order valence-corrected chi connectivity index (χ3v) is 3.48. The van der Waals surface area contributed by atoms with E-state index in [0.29, 0.717) is 5.56 Å². The third kappa shape index (κ3) is 2.88. The Labute approximate surface area is 120 Å². The minimum atomic E-state index is -0.334. The van der Waals surface area contributed by atoms with Crippen molar-refractivity contribution in [1.29, 1.82) is 0 Å². The highest BCUT2D eigenvalue weighted by Crippen LogP contribution is 2.25. The summed E-state index contributed by atoms with van der Waals surface area (Å²) >= 11 is 2.23. The molecule has 0 aliphatic carbocycles. The van der Waals surface area contributed by atoms with E-state index in [-0.39, 0.29) is 11.9 Å². The van der Waals surface area contributed by atoms with Crippen LogP contribution in [0.4, 0.5) is 4.39 Å². The van der Waals surface area contributed by atoms with Gasteiger partial charge in [-0.25, -0.2) is 9.82 Å². The maximum atomic E-state index is 13.9. The monoisotopic (exact) mass is 356 g/mol. The normalized spacial score (nSPS) is 12.4. The van der Waals surface area contributed by atoms with Crippen LogP contribution in [0.1, 0.15) is 22.7 Å². The average molecular weight is 356 g/mol. The quantitative estimate of drug-likeness (QED) is 0.503. The van der Waals surface area contributed by atoms with Crippen molar-refractivity contribution >= 4 is 22.6 Å². The van der Waals surface area contributed by atoms with Crippen LogP contribution in [0, 0.1) is 16.3 Å². The predicted molar refractivity (Wildman–Crippen MR) is 79.5 cm³/mol. The smallest absolute Gasteiger partial charge is 0.128 e. The summed E-state index contributed by atoms with van der Waals surface area (Å²) in [5.74, 6) is 5.34. The summed E-state index contributed by atoms with van der Waals surface area (Å²) in [4.78, 5) is 0. The van der Waals surface area contributed by atoms with Crippen molar-refractivity contribution in [3.63, 3.8) is 0 Å². The van der Waals surface area contributed by atoms with Crippen LogP contribution in [0.3, 0.4) is 0 Å². The van der Waals surface area contributed by atoms with Crippen molar-refractivity contribution in [2.75, 3.05) is 0 Å². The Bertz CT molecular complexity index is 557. The van der Waals surface area contributed by atoms with Gasteiger partial charge in [-0.1, -0.05) is 29.8 Å². The van der Waals surface area contributed by atoms with Crippen molar-refractivity contribution in [1.82, 2.24) is 5.43 Å². The lowest BCUT2D eigenvalue weighted by Gasteiger charge is -2.18. The molecule has 0 heterocycles. The van der Waals surface area contributed by atoms with E-state index in [2.05, 4.69) is 28.0 Å². The molecule has 94 valence electrons. The number of hydrogen-bond donors (Lipinski definition) is 2. The van der Waals surface area contributed by atoms with Crippen LogP contribution in [0.15, 0.2) is 42.5 Å². The van der Waals surface area contributed by atoms with Gasteiger partial charge in [-0.05, 0) is 53.3 Å². The number of benzene rings is 2. The van der Waals surface area contributed by atoms with Gasteiger partial charge in [-0.2, -0.15) is 0 Å². The molecule has 2 aromatic rings. The third-order valence-electron chi connectivity index (χ3n) is 2.81. The maximum absolute atomic E-state index is 13.9. The van der Waals surface area contributed by atoms with Gasteiger partial charge >= 0.3 is 0 Å². The van der Waals surface area contributed by atoms with E-state index in [1.165, 1.54) is 6.07 Å². The van der Waals surface area contributed by atoms with Gasteiger partial charge in [0, 0.05) is 9.13 Å². The van der Waals surface area contributed by atoms with Crippen molar-refractivity contribution in [3.05, 3.63) is 68.5 Å². The Morgan fingerprint density at radius 3 is 2.67 bits per heavy atom. The summed E-state index contributed by atoms with van der Waals surface area (Å²) in [5.41, 5.74) is 5.22. The zero-order valence-corrected chi connectivity index (χ0v) is 12.1.